The number of aromatic nitrogens is 4. The van der Waals surface area contributed by atoms with Gasteiger partial charge in [0.1, 0.15) is 6.33 Å². The van der Waals surface area contributed by atoms with Gasteiger partial charge in [-0.3, -0.25) is 4.79 Å². The number of nitrogens with zero attached hydrogens (tertiary/aromatic N) is 5. The van der Waals surface area contributed by atoms with Gasteiger partial charge in [0.25, 0.3) is 5.91 Å². The smallest absolute Gasteiger partial charge is 0.253 e. The second-order valence-electron chi connectivity index (χ2n) is 6.47. The molecule has 2 aliphatic rings. The zero-order valence-electron chi connectivity index (χ0n) is 12.8. The Bertz CT molecular complexity index is 686. The third kappa shape index (κ3) is 2.72. The number of carbonyl (C=O) groups excluding carboxylic acids is 1. The van der Waals surface area contributed by atoms with Crippen LogP contribution in [-0.4, -0.2) is 54.8 Å². The van der Waals surface area contributed by atoms with Crippen LogP contribution in [0.5, 0.6) is 0 Å². The Morgan fingerprint density at radius 1 is 1.17 bits per heavy atom. The van der Waals surface area contributed by atoms with Crippen LogP contribution < -0.4 is 0 Å². The number of aliphatic hydroxyl groups is 1. The summed E-state index contributed by atoms with van der Waals surface area (Å²) in [5, 5.41) is 21.2. The molecule has 2 aromatic rings. The van der Waals surface area contributed by atoms with Gasteiger partial charge >= 0.3 is 0 Å². The molecular formula is C16H19N5O2. The summed E-state index contributed by atoms with van der Waals surface area (Å²) in [5.41, 5.74) is 1.06. The lowest BCUT2D eigenvalue weighted by molar-refractivity contribution is 0.0340. The van der Waals surface area contributed by atoms with Crippen molar-refractivity contribution in [3.05, 3.63) is 36.2 Å². The molecule has 1 aromatic heterocycles. The van der Waals surface area contributed by atoms with Crippen LogP contribution in [0.15, 0.2) is 30.6 Å². The van der Waals surface area contributed by atoms with Gasteiger partial charge in [0.05, 0.1) is 11.3 Å². The molecule has 1 saturated heterocycles. The van der Waals surface area contributed by atoms with Crippen molar-refractivity contribution in [3.63, 3.8) is 0 Å². The van der Waals surface area contributed by atoms with Crippen LogP contribution in [0.2, 0.25) is 0 Å². The summed E-state index contributed by atoms with van der Waals surface area (Å²) in [6.07, 6.45) is 5.15. The Morgan fingerprint density at radius 2 is 1.87 bits per heavy atom. The zero-order chi connectivity index (χ0) is 15.9. The number of hydrogen-bond donors (Lipinski definition) is 1. The van der Waals surface area contributed by atoms with Crippen molar-refractivity contribution >= 4 is 5.91 Å². The summed E-state index contributed by atoms with van der Waals surface area (Å²) in [4.78, 5) is 14.5. The van der Waals surface area contributed by atoms with E-state index >= 15 is 0 Å². The van der Waals surface area contributed by atoms with E-state index in [0.717, 1.165) is 44.5 Å². The van der Waals surface area contributed by atoms with E-state index in [1.807, 2.05) is 17.0 Å². The van der Waals surface area contributed by atoms with Crippen molar-refractivity contribution < 1.29 is 9.90 Å². The highest BCUT2D eigenvalue weighted by atomic mass is 16.3. The third-order valence-electron chi connectivity index (χ3n) is 5.03. The summed E-state index contributed by atoms with van der Waals surface area (Å²) in [6.45, 7) is 1.45. The molecule has 0 unspecified atom stereocenters. The first kappa shape index (κ1) is 14.3. The number of hydrogen-bond acceptors (Lipinski definition) is 5. The van der Waals surface area contributed by atoms with Gasteiger partial charge in [-0.15, -0.1) is 5.10 Å². The Balaban J connectivity index is 1.41. The van der Waals surface area contributed by atoms with Crippen LogP contribution in [0.1, 0.15) is 36.0 Å². The number of rotatable bonds is 3. The molecule has 2 fully saturated rings. The van der Waals surface area contributed by atoms with Gasteiger partial charge < -0.3 is 10.0 Å². The minimum absolute atomic E-state index is 0.0505. The Hall–Kier alpha value is -2.28. The third-order valence-corrected chi connectivity index (χ3v) is 5.03. The van der Waals surface area contributed by atoms with E-state index in [2.05, 4.69) is 15.5 Å². The fraction of sp³-hybridized carbons (Fsp3) is 0.500. The maximum atomic E-state index is 12.6. The predicted molar refractivity (Wildman–Crippen MR) is 82.0 cm³/mol. The van der Waals surface area contributed by atoms with Gasteiger partial charge in [-0.05, 0) is 66.3 Å². The average Bonchev–Trinajstić information content (AvgIpc) is 3.13. The zero-order valence-corrected chi connectivity index (χ0v) is 12.8. The van der Waals surface area contributed by atoms with Gasteiger partial charge in [0.15, 0.2) is 0 Å². The normalized spacial score (nSPS) is 20.5. The molecule has 1 saturated carbocycles. The van der Waals surface area contributed by atoms with Crippen molar-refractivity contribution in [1.82, 2.24) is 25.1 Å². The molecule has 1 amide bonds. The first-order valence-corrected chi connectivity index (χ1v) is 8.01. The van der Waals surface area contributed by atoms with Crippen LogP contribution in [-0.2, 0) is 0 Å². The highest BCUT2D eigenvalue weighted by Gasteiger charge is 2.48. The maximum absolute atomic E-state index is 12.6. The average molecular weight is 313 g/mol. The lowest BCUT2D eigenvalue weighted by Gasteiger charge is -2.34. The molecule has 7 nitrogen and oxygen atoms in total. The minimum atomic E-state index is -0.428. The van der Waals surface area contributed by atoms with E-state index < -0.39 is 5.60 Å². The molecule has 0 spiro atoms. The lowest BCUT2D eigenvalue weighted by atomic mass is 9.89. The van der Waals surface area contributed by atoms with E-state index in [4.69, 9.17) is 0 Å². The van der Waals surface area contributed by atoms with Crippen LogP contribution in [0.4, 0.5) is 0 Å². The Morgan fingerprint density at radius 3 is 2.43 bits per heavy atom. The summed E-state index contributed by atoms with van der Waals surface area (Å²) in [6, 6.07) is 7.28. The van der Waals surface area contributed by atoms with Crippen molar-refractivity contribution in [1.29, 1.82) is 0 Å². The number of carbonyl (C=O) groups is 1. The van der Waals surface area contributed by atoms with E-state index in [1.165, 1.54) is 6.33 Å². The van der Waals surface area contributed by atoms with Crippen LogP contribution >= 0.6 is 0 Å². The van der Waals surface area contributed by atoms with Gasteiger partial charge in [0, 0.05) is 18.7 Å². The summed E-state index contributed by atoms with van der Waals surface area (Å²) >= 11 is 0. The van der Waals surface area contributed by atoms with E-state index in [1.54, 1.807) is 16.8 Å². The molecule has 0 radical (unpaired) electrons. The number of likely N-dealkylation sites (tertiary alicyclic amines) is 1. The van der Waals surface area contributed by atoms with Gasteiger partial charge in [-0.2, -0.15) is 0 Å². The fourth-order valence-electron chi connectivity index (χ4n) is 3.38. The predicted octanol–water partition coefficient (Wildman–Crippen LogP) is 1.04. The highest BCUT2D eigenvalue weighted by molar-refractivity contribution is 5.94. The van der Waals surface area contributed by atoms with Gasteiger partial charge in [-0.25, -0.2) is 4.68 Å². The Kier molecular flexibility index (Phi) is 3.37. The molecule has 23 heavy (non-hydrogen) atoms. The second kappa shape index (κ2) is 5.42. The van der Waals surface area contributed by atoms with Gasteiger partial charge in [0.2, 0.25) is 0 Å². The fourth-order valence-corrected chi connectivity index (χ4v) is 3.38. The molecule has 4 rings (SSSR count). The first-order valence-electron chi connectivity index (χ1n) is 8.01. The summed E-state index contributed by atoms with van der Waals surface area (Å²) in [7, 11) is 0. The van der Waals surface area contributed by atoms with E-state index in [0.29, 0.717) is 11.5 Å². The summed E-state index contributed by atoms with van der Waals surface area (Å²) < 4.78 is 1.55. The van der Waals surface area contributed by atoms with Crippen molar-refractivity contribution in [3.8, 4) is 5.69 Å². The first-order chi connectivity index (χ1) is 11.2. The topological polar surface area (TPSA) is 84.1 Å². The van der Waals surface area contributed by atoms with Crippen LogP contribution in [0, 0.1) is 5.92 Å². The maximum Gasteiger partial charge on any atom is 0.253 e. The highest BCUT2D eigenvalue weighted by Crippen LogP contribution is 2.46. The van der Waals surface area contributed by atoms with E-state index in [-0.39, 0.29) is 5.91 Å². The standard InChI is InChI=1S/C16H19N5O2/c22-15(20-9-5-13(6-10-20)16(23)7-8-16)12-1-3-14(4-2-12)21-11-17-18-19-21/h1-4,11,13,23H,5-10H2. The molecule has 0 bridgehead atoms. The number of benzene rings is 1. The summed E-state index contributed by atoms with van der Waals surface area (Å²) in [5.74, 6) is 0.406. The number of amides is 1. The van der Waals surface area contributed by atoms with Crippen molar-refractivity contribution in [2.24, 2.45) is 5.92 Å². The SMILES string of the molecule is O=C(c1ccc(-n2cnnn2)cc1)N1CCC(C2(O)CC2)CC1. The van der Waals surface area contributed by atoms with Gasteiger partial charge in [-0.1, -0.05) is 0 Å². The molecule has 0 atom stereocenters. The van der Waals surface area contributed by atoms with Crippen molar-refractivity contribution in [2.45, 2.75) is 31.3 Å². The molecule has 2 heterocycles. The minimum Gasteiger partial charge on any atom is -0.390 e. The Labute approximate surface area is 133 Å². The molecule has 1 aliphatic heterocycles. The van der Waals surface area contributed by atoms with Crippen LogP contribution in [0.3, 0.4) is 0 Å². The molecule has 1 aromatic carbocycles. The molecule has 1 N–H and O–H groups in total. The number of tetrazole rings is 1. The van der Waals surface area contributed by atoms with Crippen LogP contribution in [0.25, 0.3) is 5.69 Å². The van der Waals surface area contributed by atoms with Crippen molar-refractivity contribution in [2.75, 3.05) is 13.1 Å². The monoisotopic (exact) mass is 313 g/mol. The molecule has 120 valence electrons. The molecule has 1 aliphatic carbocycles. The van der Waals surface area contributed by atoms with E-state index in [9.17, 15) is 9.90 Å². The number of piperidine rings is 1. The second-order valence-corrected chi connectivity index (χ2v) is 6.47. The molecule has 7 heteroatoms. The lowest BCUT2D eigenvalue weighted by Crippen LogP contribution is -2.41. The largest absolute Gasteiger partial charge is 0.390 e. The molecular weight excluding hydrogens is 294 g/mol. The quantitative estimate of drug-likeness (QED) is 0.915.